The molecule has 0 aromatic carbocycles. The number of hydrogen-bond donors (Lipinski definition) is 1. The molecule has 0 aromatic rings. The number of nitrogens with zero attached hydrogens (tertiary/aromatic N) is 2. The molecule has 1 N–H and O–H groups in total. The Morgan fingerprint density at radius 1 is 1.00 bits per heavy atom. The Hall–Kier alpha value is -1.59. The Kier molecular flexibility index (Phi) is 3.87. The van der Waals surface area contributed by atoms with Gasteiger partial charge in [-0.2, -0.15) is 0 Å². The second kappa shape index (κ2) is 5.66. The van der Waals surface area contributed by atoms with Gasteiger partial charge in [0.25, 0.3) is 5.91 Å². The van der Waals surface area contributed by atoms with Gasteiger partial charge in [0, 0.05) is 13.1 Å². The summed E-state index contributed by atoms with van der Waals surface area (Å²) in [5.41, 5.74) is -0.751. The van der Waals surface area contributed by atoms with Crippen molar-refractivity contribution in [1.82, 2.24) is 15.1 Å². The van der Waals surface area contributed by atoms with E-state index in [-0.39, 0.29) is 18.4 Å². The van der Waals surface area contributed by atoms with Crippen LogP contribution in [0.5, 0.6) is 0 Å². The molecule has 2 aliphatic heterocycles. The summed E-state index contributed by atoms with van der Waals surface area (Å²) in [7, 11) is 0. The molecule has 0 bridgehead atoms. The largest absolute Gasteiger partial charge is 0.341 e. The molecule has 0 radical (unpaired) electrons. The summed E-state index contributed by atoms with van der Waals surface area (Å²) in [6, 6.07) is -0.398. The van der Waals surface area contributed by atoms with Crippen LogP contribution in [0.15, 0.2) is 0 Å². The zero-order valence-corrected chi connectivity index (χ0v) is 12.4. The minimum absolute atomic E-state index is 0.0203. The van der Waals surface area contributed by atoms with Crippen LogP contribution in [-0.2, 0) is 9.59 Å². The second-order valence-corrected chi connectivity index (χ2v) is 6.38. The normalized spacial score (nSPS) is 25.3. The molecule has 0 aromatic heterocycles. The van der Waals surface area contributed by atoms with Crippen molar-refractivity contribution in [2.45, 2.75) is 56.9 Å². The molecular formula is C15H23N3O3. The zero-order valence-electron chi connectivity index (χ0n) is 12.4. The molecular weight excluding hydrogens is 270 g/mol. The summed E-state index contributed by atoms with van der Waals surface area (Å²) in [4.78, 5) is 40.0. The molecule has 6 nitrogen and oxygen atoms in total. The summed E-state index contributed by atoms with van der Waals surface area (Å²) in [6.45, 7) is 1.59. The molecule has 116 valence electrons. The molecule has 1 aliphatic carbocycles. The summed E-state index contributed by atoms with van der Waals surface area (Å²) in [5, 5.41) is 2.40. The number of hydrogen-bond acceptors (Lipinski definition) is 3. The van der Waals surface area contributed by atoms with Crippen molar-refractivity contribution in [3.05, 3.63) is 0 Å². The van der Waals surface area contributed by atoms with Gasteiger partial charge in [0.15, 0.2) is 0 Å². The van der Waals surface area contributed by atoms with E-state index in [0.717, 1.165) is 51.6 Å². The minimum Gasteiger partial charge on any atom is -0.341 e. The summed E-state index contributed by atoms with van der Waals surface area (Å²) < 4.78 is 0. The molecule has 0 atom stereocenters. The maximum absolute atomic E-state index is 12.5. The molecule has 2 saturated heterocycles. The third-order valence-corrected chi connectivity index (χ3v) is 5.09. The van der Waals surface area contributed by atoms with Crippen molar-refractivity contribution < 1.29 is 14.4 Å². The lowest BCUT2D eigenvalue weighted by Crippen LogP contribution is -2.51. The molecule has 21 heavy (non-hydrogen) atoms. The topological polar surface area (TPSA) is 69.7 Å². The van der Waals surface area contributed by atoms with Crippen LogP contribution in [0.25, 0.3) is 0 Å². The molecule has 3 fully saturated rings. The van der Waals surface area contributed by atoms with E-state index >= 15 is 0 Å². The summed E-state index contributed by atoms with van der Waals surface area (Å²) >= 11 is 0. The fourth-order valence-electron chi connectivity index (χ4n) is 3.83. The Morgan fingerprint density at radius 3 is 2.24 bits per heavy atom. The summed E-state index contributed by atoms with van der Waals surface area (Å²) in [5.74, 6) is -0.235. The number of likely N-dealkylation sites (tertiary alicyclic amines) is 1. The fourth-order valence-corrected chi connectivity index (χ4v) is 3.83. The Labute approximate surface area is 124 Å². The van der Waals surface area contributed by atoms with Crippen molar-refractivity contribution in [2.75, 3.05) is 19.6 Å². The van der Waals surface area contributed by atoms with Gasteiger partial charge >= 0.3 is 6.03 Å². The number of urea groups is 1. The Bertz CT molecular complexity index is 449. The predicted molar refractivity (Wildman–Crippen MR) is 76.5 cm³/mol. The van der Waals surface area contributed by atoms with E-state index in [1.807, 2.05) is 4.90 Å². The average Bonchev–Trinajstić information content (AvgIpc) is 2.90. The third kappa shape index (κ3) is 2.51. The first-order valence-electron chi connectivity index (χ1n) is 8.04. The lowest BCUT2D eigenvalue weighted by Gasteiger charge is -2.32. The van der Waals surface area contributed by atoms with Crippen LogP contribution < -0.4 is 5.32 Å². The van der Waals surface area contributed by atoms with Gasteiger partial charge in [-0.25, -0.2) is 4.79 Å². The quantitative estimate of drug-likeness (QED) is 0.779. The van der Waals surface area contributed by atoms with Crippen LogP contribution in [0, 0.1) is 0 Å². The van der Waals surface area contributed by atoms with Crippen LogP contribution in [0.2, 0.25) is 0 Å². The molecule has 3 rings (SSSR count). The number of amides is 4. The Balaban J connectivity index is 1.71. The Morgan fingerprint density at radius 2 is 1.62 bits per heavy atom. The van der Waals surface area contributed by atoms with Gasteiger partial charge in [0.1, 0.15) is 12.1 Å². The van der Waals surface area contributed by atoms with E-state index in [9.17, 15) is 14.4 Å². The van der Waals surface area contributed by atoms with E-state index < -0.39 is 11.6 Å². The van der Waals surface area contributed by atoms with Gasteiger partial charge in [0.05, 0.1) is 0 Å². The van der Waals surface area contributed by atoms with Gasteiger partial charge in [-0.05, 0) is 25.7 Å². The fraction of sp³-hybridized carbons (Fsp3) is 0.800. The van der Waals surface area contributed by atoms with Gasteiger partial charge in [-0.3, -0.25) is 14.9 Å². The van der Waals surface area contributed by atoms with Gasteiger partial charge in [-0.15, -0.1) is 0 Å². The number of carbonyl (C=O) groups excluding carboxylic acids is 3. The average molecular weight is 293 g/mol. The van der Waals surface area contributed by atoms with Gasteiger partial charge in [0.2, 0.25) is 5.91 Å². The smallest absolute Gasteiger partial charge is 0.325 e. The van der Waals surface area contributed by atoms with Gasteiger partial charge in [-0.1, -0.05) is 25.7 Å². The van der Waals surface area contributed by atoms with Crippen molar-refractivity contribution in [3.8, 4) is 0 Å². The second-order valence-electron chi connectivity index (χ2n) is 6.38. The minimum atomic E-state index is -0.751. The maximum atomic E-state index is 12.5. The number of imide groups is 1. The van der Waals surface area contributed by atoms with E-state index in [1.54, 1.807) is 0 Å². The highest BCUT2D eigenvalue weighted by molar-refractivity contribution is 6.08. The first-order valence-corrected chi connectivity index (χ1v) is 8.04. The molecule has 0 unspecified atom stereocenters. The van der Waals surface area contributed by atoms with E-state index in [1.165, 1.54) is 4.90 Å². The van der Waals surface area contributed by atoms with Crippen molar-refractivity contribution >= 4 is 17.8 Å². The molecule has 1 spiro atoms. The molecule has 6 heteroatoms. The number of nitrogens with one attached hydrogen (secondary N) is 1. The van der Waals surface area contributed by atoms with Crippen LogP contribution in [0.1, 0.15) is 51.4 Å². The van der Waals surface area contributed by atoms with Crippen LogP contribution in [0.4, 0.5) is 4.79 Å². The molecule has 3 aliphatic rings. The van der Waals surface area contributed by atoms with Crippen LogP contribution >= 0.6 is 0 Å². The monoisotopic (exact) mass is 293 g/mol. The highest BCUT2D eigenvalue weighted by atomic mass is 16.2. The lowest BCUT2D eigenvalue weighted by molar-refractivity contribution is -0.134. The standard InChI is InChI=1S/C15H23N3O3/c19-12(17-9-5-1-2-6-10-17)11-18-14(21)16-13(20)15(18)7-3-4-8-15/h1-11H2,(H,16,20,21). The predicted octanol–water partition coefficient (Wildman–Crippen LogP) is 1.25. The van der Waals surface area contributed by atoms with Crippen molar-refractivity contribution in [3.63, 3.8) is 0 Å². The van der Waals surface area contributed by atoms with E-state index in [4.69, 9.17) is 0 Å². The molecule has 4 amide bonds. The number of carbonyl (C=O) groups is 3. The lowest BCUT2D eigenvalue weighted by atomic mass is 9.96. The van der Waals surface area contributed by atoms with Crippen molar-refractivity contribution in [2.24, 2.45) is 0 Å². The van der Waals surface area contributed by atoms with Crippen LogP contribution in [-0.4, -0.2) is 52.8 Å². The highest BCUT2D eigenvalue weighted by Gasteiger charge is 2.54. The van der Waals surface area contributed by atoms with Crippen molar-refractivity contribution in [1.29, 1.82) is 0 Å². The number of rotatable bonds is 2. The third-order valence-electron chi connectivity index (χ3n) is 5.09. The molecule has 2 heterocycles. The van der Waals surface area contributed by atoms with E-state index in [2.05, 4.69) is 5.32 Å². The summed E-state index contributed by atoms with van der Waals surface area (Å²) in [6.07, 6.45) is 7.62. The van der Waals surface area contributed by atoms with Crippen LogP contribution in [0.3, 0.4) is 0 Å². The van der Waals surface area contributed by atoms with E-state index in [0.29, 0.717) is 12.8 Å². The molecule has 1 saturated carbocycles. The first-order chi connectivity index (χ1) is 10.1. The highest BCUT2D eigenvalue weighted by Crippen LogP contribution is 2.38. The maximum Gasteiger partial charge on any atom is 0.325 e. The first kappa shape index (κ1) is 14.4. The SMILES string of the molecule is O=C(CN1C(=O)NC(=O)C12CCCC2)N1CCCCCC1. The van der Waals surface area contributed by atoms with Gasteiger partial charge < -0.3 is 9.80 Å². The zero-order chi connectivity index (χ0) is 14.9.